The van der Waals surface area contributed by atoms with E-state index < -0.39 is 5.97 Å². The van der Waals surface area contributed by atoms with Crippen molar-refractivity contribution in [3.8, 4) is 0 Å². The molecule has 0 unspecified atom stereocenters. The summed E-state index contributed by atoms with van der Waals surface area (Å²) in [4.78, 5) is 20.9. The second-order valence-electron chi connectivity index (χ2n) is 3.59. The Morgan fingerprint density at radius 1 is 1.00 bits per heavy atom. The number of carbonyl (C=O) groups is 2. The minimum atomic E-state index is -0.722. The first kappa shape index (κ1) is 18.9. The monoisotopic (exact) mass is 256 g/mol. The van der Waals surface area contributed by atoms with Crippen LogP contribution >= 0.6 is 0 Å². The van der Waals surface area contributed by atoms with Gasteiger partial charge in [-0.05, 0) is 12.8 Å². The van der Waals surface area contributed by atoms with E-state index >= 15 is 0 Å². The van der Waals surface area contributed by atoms with Gasteiger partial charge in [-0.1, -0.05) is 25.7 Å². The van der Waals surface area contributed by atoms with Crippen LogP contribution in [0.2, 0.25) is 0 Å². The number of hydrogen-bond donors (Lipinski definition) is 1. The van der Waals surface area contributed by atoms with E-state index in [1.165, 1.54) is 7.11 Å². The van der Waals surface area contributed by atoms with Crippen LogP contribution in [0.25, 0.3) is 0 Å². The van der Waals surface area contributed by atoms with Crippen molar-refractivity contribution in [3.63, 3.8) is 0 Å². The van der Waals surface area contributed by atoms with Crippen molar-refractivity contribution in [3.05, 3.63) is 0 Å². The van der Waals surface area contributed by atoms with Crippen molar-refractivity contribution in [1.82, 2.24) is 0 Å². The minimum absolute atomic E-state index is 0. The van der Waals surface area contributed by atoms with Gasteiger partial charge in [-0.3, -0.25) is 9.59 Å². The molecule has 0 aliphatic carbocycles. The first-order valence-corrected chi connectivity index (χ1v) is 5.45. The number of methoxy groups -OCH3 is 1. The average Bonchev–Trinajstić information content (AvgIpc) is 2.21. The molecule has 16 heavy (non-hydrogen) atoms. The third kappa shape index (κ3) is 14.6. The maximum Gasteiger partial charge on any atom is 1.00 e. The summed E-state index contributed by atoms with van der Waals surface area (Å²) in [5.74, 6) is -0.874. The Labute approximate surface area is 141 Å². The molecule has 0 heterocycles. The molecule has 0 spiro atoms. The molecular weight excluding hydrogens is 235 g/mol. The van der Waals surface area contributed by atoms with Gasteiger partial charge in [0.1, 0.15) is 0 Å². The quantitative estimate of drug-likeness (QED) is 0.342. The molecule has 0 aromatic carbocycles. The number of hydrogen-bond acceptors (Lipinski definition) is 3. The number of unbranched alkanes of at least 4 members (excludes halogenated alkanes) is 5. The summed E-state index contributed by atoms with van der Waals surface area (Å²) in [7, 11) is 1.40. The number of ether oxygens (including phenoxy) is 1. The summed E-state index contributed by atoms with van der Waals surface area (Å²) in [5, 5.41) is 8.39. The fourth-order valence-corrected chi connectivity index (χ4v) is 1.35. The zero-order chi connectivity index (χ0) is 11.5. The van der Waals surface area contributed by atoms with Crippen LogP contribution in [0.15, 0.2) is 0 Å². The van der Waals surface area contributed by atoms with Gasteiger partial charge in [0, 0.05) is 12.8 Å². The molecule has 0 radical (unpaired) electrons. The molecule has 0 amide bonds. The molecule has 0 bridgehead atoms. The number of rotatable bonds is 9. The normalized spacial score (nSPS) is 9.31. The molecule has 90 valence electrons. The Morgan fingerprint density at radius 2 is 1.44 bits per heavy atom. The topological polar surface area (TPSA) is 63.6 Å². The fraction of sp³-hybridized carbons (Fsp3) is 0.818. The third-order valence-corrected chi connectivity index (χ3v) is 2.25. The van der Waals surface area contributed by atoms with Crippen LogP contribution in [-0.4, -0.2) is 24.2 Å². The molecule has 0 aromatic heterocycles. The van der Waals surface area contributed by atoms with E-state index in [0.29, 0.717) is 6.42 Å². The summed E-state index contributed by atoms with van der Waals surface area (Å²) in [6.07, 6.45) is 6.48. The van der Waals surface area contributed by atoms with Crippen LogP contribution in [-0.2, 0) is 14.3 Å². The summed E-state index contributed by atoms with van der Waals surface area (Å²) in [6, 6.07) is 0. The van der Waals surface area contributed by atoms with Gasteiger partial charge in [0.25, 0.3) is 0 Å². The van der Waals surface area contributed by atoms with Gasteiger partial charge in [-0.15, -0.1) is 0 Å². The first-order valence-electron chi connectivity index (χ1n) is 5.45. The van der Waals surface area contributed by atoms with Crippen molar-refractivity contribution in [1.29, 1.82) is 0 Å². The van der Waals surface area contributed by atoms with Gasteiger partial charge in [-0.2, -0.15) is 0 Å². The van der Waals surface area contributed by atoms with Gasteiger partial charge >= 0.3 is 63.3 Å². The SMILES string of the molecule is COC(=O)CCCCCCCCC(=O)O.[H-].[K+]. The van der Waals surface area contributed by atoms with Crippen LogP contribution in [0.5, 0.6) is 0 Å². The zero-order valence-electron chi connectivity index (χ0n) is 11.3. The molecule has 0 aromatic rings. The number of esters is 1. The van der Waals surface area contributed by atoms with Crippen molar-refractivity contribution in [2.75, 3.05) is 7.11 Å². The van der Waals surface area contributed by atoms with Crippen LogP contribution < -0.4 is 51.4 Å². The molecule has 0 saturated carbocycles. The summed E-state index contributed by atoms with van der Waals surface area (Å²) in [6.45, 7) is 0. The van der Waals surface area contributed by atoms with E-state index in [1.54, 1.807) is 0 Å². The van der Waals surface area contributed by atoms with Crippen molar-refractivity contribution < 1.29 is 72.2 Å². The molecule has 0 rings (SSSR count). The summed E-state index contributed by atoms with van der Waals surface area (Å²) >= 11 is 0. The maximum atomic E-state index is 10.7. The molecule has 0 saturated heterocycles. The zero-order valence-corrected chi connectivity index (χ0v) is 13.5. The van der Waals surface area contributed by atoms with Crippen LogP contribution in [0, 0.1) is 0 Å². The van der Waals surface area contributed by atoms with Crippen LogP contribution in [0.1, 0.15) is 52.8 Å². The fourth-order valence-electron chi connectivity index (χ4n) is 1.35. The maximum absolute atomic E-state index is 10.7. The largest absolute Gasteiger partial charge is 1.00 e. The second-order valence-corrected chi connectivity index (χ2v) is 3.59. The molecular formula is C11H21KO4. The average molecular weight is 256 g/mol. The Balaban J connectivity index is -0.000000980. The molecule has 4 nitrogen and oxygen atoms in total. The molecule has 0 aliphatic rings. The van der Waals surface area contributed by atoms with Crippen molar-refractivity contribution in [2.45, 2.75) is 51.4 Å². The van der Waals surface area contributed by atoms with Gasteiger partial charge in [0.05, 0.1) is 7.11 Å². The van der Waals surface area contributed by atoms with E-state index in [0.717, 1.165) is 38.5 Å². The second kappa shape index (κ2) is 13.6. The van der Waals surface area contributed by atoms with Gasteiger partial charge in [0.2, 0.25) is 0 Å². The minimum Gasteiger partial charge on any atom is -1.00 e. The van der Waals surface area contributed by atoms with E-state index in [2.05, 4.69) is 4.74 Å². The Morgan fingerprint density at radius 3 is 1.88 bits per heavy atom. The van der Waals surface area contributed by atoms with E-state index in [9.17, 15) is 9.59 Å². The smallest absolute Gasteiger partial charge is 1.00 e. The molecule has 1 N–H and O–H groups in total. The number of carbonyl (C=O) groups excluding carboxylic acids is 1. The van der Waals surface area contributed by atoms with Crippen LogP contribution in [0.4, 0.5) is 0 Å². The Kier molecular flexibility index (Phi) is 16.1. The first-order chi connectivity index (χ1) is 7.16. The van der Waals surface area contributed by atoms with E-state index in [1.807, 2.05) is 0 Å². The molecule has 5 heteroatoms. The molecule has 0 atom stereocenters. The van der Waals surface area contributed by atoms with Gasteiger partial charge in [-0.25, -0.2) is 0 Å². The predicted octanol–water partition coefficient (Wildman–Crippen LogP) is -0.519. The number of carboxylic acid groups (broad SMARTS) is 1. The number of carboxylic acids is 1. The Hall–Kier alpha value is 0.576. The third-order valence-electron chi connectivity index (χ3n) is 2.25. The molecule has 0 fully saturated rings. The van der Waals surface area contributed by atoms with E-state index in [-0.39, 0.29) is 65.2 Å². The summed E-state index contributed by atoms with van der Waals surface area (Å²) in [5.41, 5.74) is 0. The standard InChI is InChI=1S/C11H20O4.K.H/c1-15-11(14)9-7-5-3-2-4-6-8-10(12)13;;/h2-9H2,1H3,(H,12,13);;/q;+1;-1. The van der Waals surface area contributed by atoms with Gasteiger partial charge < -0.3 is 11.3 Å². The number of aliphatic carboxylic acids is 1. The predicted molar refractivity (Wildman–Crippen MR) is 57.7 cm³/mol. The van der Waals surface area contributed by atoms with Crippen molar-refractivity contribution >= 4 is 11.9 Å². The molecule has 0 aliphatic heterocycles. The van der Waals surface area contributed by atoms with E-state index in [4.69, 9.17) is 5.11 Å². The van der Waals surface area contributed by atoms with Crippen LogP contribution in [0.3, 0.4) is 0 Å². The van der Waals surface area contributed by atoms with Gasteiger partial charge in [0.15, 0.2) is 0 Å². The van der Waals surface area contributed by atoms with Crippen molar-refractivity contribution in [2.24, 2.45) is 0 Å². The summed E-state index contributed by atoms with van der Waals surface area (Å²) < 4.78 is 4.52. The Bertz CT molecular complexity index is 200.